The molecule has 1 aliphatic rings. The van der Waals surface area contributed by atoms with Gasteiger partial charge in [0.2, 0.25) is 0 Å². The van der Waals surface area contributed by atoms with Crippen LogP contribution in [0.5, 0.6) is 0 Å². The lowest BCUT2D eigenvalue weighted by Gasteiger charge is -2.30. The molecule has 1 N–H and O–H groups in total. The van der Waals surface area contributed by atoms with E-state index < -0.39 is 4.92 Å². The summed E-state index contributed by atoms with van der Waals surface area (Å²) in [7, 11) is 0. The summed E-state index contributed by atoms with van der Waals surface area (Å²) in [5.41, 5.74) is 2.15. The number of pyridine rings is 1. The van der Waals surface area contributed by atoms with Gasteiger partial charge in [-0.3, -0.25) is 10.1 Å². The molecule has 0 amide bonds. The van der Waals surface area contributed by atoms with Crippen LogP contribution in [0.1, 0.15) is 18.4 Å². The van der Waals surface area contributed by atoms with Crippen LogP contribution in [-0.2, 0) is 16.1 Å². The van der Waals surface area contributed by atoms with E-state index in [0.717, 1.165) is 12.0 Å². The molecule has 0 aliphatic carbocycles. The van der Waals surface area contributed by atoms with Crippen molar-refractivity contribution in [3.05, 3.63) is 75.4 Å². The monoisotopic (exact) mass is 427 g/mol. The Bertz CT molecular complexity index is 1030. The molecule has 0 radical (unpaired) electrons. The molecule has 2 aromatic carbocycles. The van der Waals surface area contributed by atoms with Crippen molar-refractivity contribution >= 4 is 33.9 Å². The van der Waals surface area contributed by atoms with Crippen molar-refractivity contribution in [1.82, 2.24) is 4.98 Å². The van der Waals surface area contributed by atoms with Gasteiger partial charge in [-0.2, -0.15) is 0 Å². The molecule has 1 fully saturated rings. The zero-order valence-corrected chi connectivity index (χ0v) is 17.0. The molecule has 0 bridgehead atoms. The molecule has 0 unspecified atom stereocenters. The smallest absolute Gasteiger partial charge is 0.311 e. The number of ether oxygens (including phenoxy) is 2. The number of benzene rings is 2. The van der Waals surface area contributed by atoms with E-state index in [-0.39, 0.29) is 17.8 Å². The first-order valence-electron chi connectivity index (χ1n) is 9.82. The summed E-state index contributed by atoms with van der Waals surface area (Å²) in [5.74, 6) is 0. The summed E-state index contributed by atoms with van der Waals surface area (Å²) >= 11 is 6.13. The van der Waals surface area contributed by atoms with Gasteiger partial charge in [-0.1, -0.05) is 41.9 Å². The maximum Gasteiger partial charge on any atom is 0.311 e. The van der Waals surface area contributed by atoms with Gasteiger partial charge in [0.15, 0.2) is 0 Å². The Kier molecular flexibility index (Phi) is 6.42. The quantitative estimate of drug-likeness (QED) is 0.423. The average molecular weight is 428 g/mol. The van der Waals surface area contributed by atoms with Crippen LogP contribution in [0.15, 0.2) is 54.7 Å². The second-order valence-electron chi connectivity index (χ2n) is 7.30. The number of hydrogen-bond donors (Lipinski definition) is 1. The first-order valence-corrected chi connectivity index (χ1v) is 10.2. The van der Waals surface area contributed by atoms with Gasteiger partial charge in [-0.15, -0.1) is 0 Å². The third kappa shape index (κ3) is 4.87. The molecule has 4 rings (SSSR count). The maximum absolute atomic E-state index is 11.6. The molecule has 1 aliphatic heterocycles. The van der Waals surface area contributed by atoms with Crippen LogP contribution >= 0.6 is 11.6 Å². The number of aromatic nitrogens is 1. The van der Waals surface area contributed by atoms with E-state index in [1.165, 1.54) is 6.20 Å². The largest absolute Gasteiger partial charge is 0.376 e. The Balaban J connectivity index is 1.46. The zero-order chi connectivity index (χ0) is 20.9. The summed E-state index contributed by atoms with van der Waals surface area (Å²) in [5, 5.41) is 16.1. The number of fused-ring (bicyclic) bond motifs is 1. The lowest BCUT2D eigenvalue weighted by atomic mass is 10.0. The lowest BCUT2D eigenvalue weighted by molar-refractivity contribution is -0.384. The first kappa shape index (κ1) is 20.5. The lowest BCUT2D eigenvalue weighted by Crippen LogP contribution is -2.36. The predicted molar refractivity (Wildman–Crippen MR) is 116 cm³/mol. The number of nitrogens with zero attached hydrogens (tertiary/aromatic N) is 2. The summed E-state index contributed by atoms with van der Waals surface area (Å²) < 4.78 is 11.7. The third-order valence-corrected chi connectivity index (χ3v) is 5.37. The number of hydrogen-bond acceptors (Lipinski definition) is 6. The van der Waals surface area contributed by atoms with Gasteiger partial charge in [0.25, 0.3) is 0 Å². The SMILES string of the molecule is O=[N+]([O-])c1cnc2ccc(Cl)cc2c1N[C@H]1CCO[C@@H](COCc2ccccc2)C1. The van der Waals surface area contributed by atoms with Gasteiger partial charge in [-0.05, 0) is 36.6 Å². The first-order chi connectivity index (χ1) is 14.6. The summed E-state index contributed by atoms with van der Waals surface area (Å²) in [6, 6.07) is 15.2. The van der Waals surface area contributed by atoms with Crippen LogP contribution < -0.4 is 5.32 Å². The molecular weight excluding hydrogens is 406 g/mol. The fourth-order valence-corrected chi connectivity index (χ4v) is 3.83. The minimum Gasteiger partial charge on any atom is -0.376 e. The van der Waals surface area contributed by atoms with Crippen LogP contribution in [0, 0.1) is 10.1 Å². The molecule has 2 heterocycles. The van der Waals surface area contributed by atoms with E-state index in [2.05, 4.69) is 10.3 Å². The molecule has 7 nitrogen and oxygen atoms in total. The van der Waals surface area contributed by atoms with Crippen molar-refractivity contribution in [3.63, 3.8) is 0 Å². The third-order valence-electron chi connectivity index (χ3n) is 5.14. The van der Waals surface area contributed by atoms with Crippen molar-refractivity contribution in [2.75, 3.05) is 18.5 Å². The van der Waals surface area contributed by atoms with Gasteiger partial charge in [0.1, 0.15) is 11.9 Å². The van der Waals surface area contributed by atoms with Crippen molar-refractivity contribution in [3.8, 4) is 0 Å². The van der Waals surface area contributed by atoms with Gasteiger partial charge in [0, 0.05) is 23.1 Å². The Morgan fingerprint density at radius 3 is 2.90 bits per heavy atom. The second kappa shape index (κ2) is 9.38. The van der Waals surface area contributed by atoms with Gasteiger partial charge in [-0.25, -0.2) is 4.98 Å². The highest BCUT2D eigenvalue weighted by Gasteiger charge is 2.26. The van der Waals surface area contributed by atoms with Crippen molar-refractivity contribution in [2.24, 2.45) is 0 Å². The van der Waals surface area contributed by atoms with Gasteiger partial charge < -0.3 is 14.8 Å². The number of halogens is 1. The van der Waals surface area contributed by atoms with Crippen LogP contribution in [0.3, 0.4) is 0 Å². The van der Waals surface area contributed by atoms with Crippen LogP contribution in [0.4, 0.5) is 11.4 Å². The minimum absolute atomic E-state index is 0.0207. The van der Waals surface area contributed by atoms with Crippen LogP contribution in [-0.4, -0.2) is 35.3 Å². The molecule has 2 atom stereocenters. The maximum atomic E-state index is 11.6. The molecule has 1 saturated heterocycles. The number of nitrogens with one attached hydrogen (secondary N) is 1. The minimum atomic E-state index is -0.421. The fraction of sp³-hybridized carbons (Fsp3) is 0.318. The highest BCUT2D eigenvalue weighted by Crippen LogP contribution is 2.34. The second-order valence-corrected chi connectivity index (χ2v) is 7.73. The summed E-state index contributed by atoms with van der Waals surface area (Å²) in [6.07, 6.45) is 2.65. The normalized spacial score (nSPS) is 19.0. The van der Waals surface area contributed by atoms with E-state index in [9.17, 15) is 10.1 Å². The van der Waals surface area contributed by atoms with E-state index in [1.807, 2.05) is 30.3 Å². The number of nitro groups is 1. The van der Waals surface area contributed by atoms with Crippen molar-refractivity contribution in [1.29, 1.82) is 0 Å². The standard InChI is InChI=1S/C22H22ClN3O4/c23-16-6-7-20-19(10-16)22(21(12-24-20)26(27)28)25-17-8-9-30-18(11-17)14-29-13-15-4-2-1-3-5-15/h1-7,10,12,17-18H,8-9,11,13-14H2,(H,24,25)/t17-,18+/m0/s1. The van der Waals surface area contributed by atoms with E-state index in [1.54, 1.807) is 18.2 Å². The van der Waals surface area contributed by atoms with E-state index >= 15 is 0 Å². The molecular formula is C22H22ClN3O4. The van der Waals surface area contributed by atoms with Gasteiger partial charge >= 0.3 is 5.69 Å². The molecule has 1 aromatic heterocycles. The highest BCUT2D eigenvalue weighted by molar-refractivity contribution is 6.31. The molecule has 8 heteroatoms. The van der Waals surface area contributed by atoms with E-state index in [0.29, 0.717) is 47.9 Å². The molecule has 156 valence electrons. The van der Waals surface area contributed by atoms with Gasteiger partial charge in [0.05, 0.1) is 29.8 Å². The Morgan fingerprint density at radius 1 is 1.27 bits per heavy atom. The van der Waals surface area contributed by atoms with Crippen molar-refractivity contribution < 1.29 is 14.4 Å². The molecule has 0 spiro atoms. The molecule has 3 aromatic rings. The zero-order valence-electron chi connectivity index (χ0n) is 16.3. The van der Waals surface area contributed by atoms with E-state index in [4.69, 9.17) is 21.1 Å². The predicted octanol–water partition coefficient (Wildman–Crippen LogP) is 4.97. The fourth-order valence-electron chi connectivity index (χ4n) is 3.66. The van der Waals surface area contributed by atoms with Crippen LogP contribution in [0.2, 0.25) is 5.02 Å². The Labute approximate surface area is 179 Å². The van der Waals surface area contributed by atoms with Crippen LogP contribution in [0.25, 0.3) is 10.9 Å². The number of rotatable bonds is 7. The van der Waals surface area contributed by atoms with Crippen molar-refractivity contribution in [2.45, 2.75) is 31.6 Å². The summed E-state index contributed by atoms with van der Waals surface area (Å²) in [4.78, 5) is 15.4. The molecule has 30 heavy (non-hydrogen) atoms. The Hall–Kier alpha value is -2.74. The average Bonchev–Trinajstić information content (AvgIpc) is 2.75. The topological polar surface area (TPSA) is 86.5 Å². The number of anilines is 1. The molecule has 0 saturated carbocycles. The summed E-state index contributed by atoms with van der Waals surface area (Å²) in [6.45, 7) is 1.56. The Morgan fingerprint density at radius 2 is 2.10 bits per heavy atom. The highest BCUT2D eigenvalue weighted by atomic mass is 35.5.